The first-order valence-corrected chi connectivity index (χ1v) is 28.1. The van der Waals surface area contributed by atoms with E-state index in [2.05, 4.69) is 41.7 Å². The lowest BCUT2D eigenvalue weighted by Crippen LogP contribution is -2.56. The topological polar surface area (TPSA) is 173 Å². The van der Waals surface area contributed by atoms with Crippen LogP contribution in [-0.4, -0.2) is 85.2 Å². The van der Waals surface area contributed by atoms with Gasteiger partial charge in [-0.05, 0) is 180 Å². The molecule has 10 rings (SSSR count). The first-order valence-electron chi connectivity index (χ1n) is 28.1. The number of fused-ring (bicyclic) bond motifs is 7. The molecule has 12 nitrogen and oxygen atoms in total. The van der Waals surface area contributed by atoms with E-state index >= 15 is 4.79 Å². The molecule has 0 aliphatic heterocycles. The maximum atomic E-state index is 15.9. The van der Waals surface area contributed by atoms with Crippen molar-refractivity contribution >= 4 is 28.8 Å². The molecular formula is C66H75NO11. The van der Waals surface area contributed by atoms with Gasteiger partial charge in [-0.15, -0.1) is 0 Å². The number of aryl methyl sites for hydroxylation is 1. The molecule has 12 heteroatoms. The molecule has 0 saturated heterocycles. The van der Waals surface area contributed by atoms with Gasteiger partial charge in [-0.2, -0.15) is 0 Å². The van der Waals surface area contributed by atoms with E-state index in [1.807, 2.05) is 73.7 Å². The molecule has 0 radical (unpaired) electrons. The van der Waals surface area contributed by atoms with Gasteiger partial charge in [0, 0.05) is 50.4 Å². The zero-order chi connectivity index (χ0) is 54.6. The monoisotopic (exact) mass is 1060 g/mol. The highest BCUT2D eigenvalue weighted by atomic mass is 16.6. The van der Waals surface area contributed by atoms with E-state index < -0.39 is 40.8 Å². The van der Waals surface area contributed by atoms with E-state index in [4.69, 9.17) is 23.7 Å². The molecule has 0 unspecified atom stereocenters. The molecule has 2 fully saturated rings. The van der Waals surface area contributed by atoms with Crippen LogP contribution in [0.25, 0.3) is 28.0 Å². The van der Waals surface area contributed by atoms with Crippen molar-refractivity contribution in [1.29, 1.82) is 0 Å². The largest absolute Gasteiger partial charge is 0.508 e. The summed E-state index contributed by atoms with van der Waals surface area (Å²) in [4.78, 5) is 29.5. The van der Waals surface area contributed by atoms with Gasteiger partial charge in [0.15, 0.2) is 23.0 Å². The Morgan fingerprint density at radius 1 is 0.782 bits per heavy atom. The van der Waals surface area contributed by atoms with E-state index in [9.17, 15) is 25.2 Å². The van der Waals surface area contributed by atoms with E-state index in [-0.39, 0.29) is 48.1 Å². The highest BCUT2D eigenvalue weighted by Crippen LogP contribution is 2.65. The van der Waals surface area contributed by atoms with Crippen LogP contribution >= 0.6 is 0 Å². The summed E-state index contributed by atoms with van der Waals surface area (Å²) in [6, 6.07) is 35.4. The number of aliphatic hydroxyl groups excluding tert-OH is 1. The number of methoxy groups -OCH3 is 2. The standard InChI is InChI=1S/C66H75NO11/c1-5-76-27-13-26-67-39-43-16-12-17-44(28-43)52-34-49(70)29-45-18-20-48(33-51(45)52)65(23-10-7-11-24-65)64(73)78-50-35-55-53-38-63(75-4)59(71)31-46(53)19-21-56(55)66(25-22-42-14-8-6-9-15-42)57(61(36-50)77-41(2)69)30-47-32-62(74-3)60(72)37-54(47)58(66)40-68/h6,8-9,12,14-18,20,22,25,28-29,31-34,37-38,50,55-58,61,67-68,70-72H,5,7,10-11,13,19,21,23-24,26-27,30,35-36,39-40H2,1-4H3/b25-22+/t50-,55-,56-,57+,58-,61+,66-/m0/s1. The fourth-order valence-corrected chi connectivity index (χ4v) is 14.3. The van der Waals surface area contributed by atoms with Crippen LogP contribution in [0.4, 0.5) is 0 Å². The Kier molecular flexibility index (Phi) is 16.5. The fourth-order valence-electron chi connectivity index (χ4n) is 14.3. The van der Waals surface area contributed by atoms with Crippen molar-refractivity contribution in [3.8, 4) is 39.9 Å². The molecule has 5 N–H and O–H groups in total. The number of aromatic hydroxyl groups is 3. The van der Waals surface area contributed by atoms with Gasteiger partial charge in [0.25, 0.3) is 0 Å². The van der Waals surface area contributed by atoms with Crippen molar-refractivity contribution in [3.63, 3.8) is 0 Å². The van der Waals surface area contributed by atoms with Crippen LogP contribution in [0, 0.1) is 17.3 Å². The number of carbonyl (C=O) groups excluding carboxylic acids is 2. The van der Waals surface area contributed by atoms with Gasteiger partial charge in [0.1, 0.15) is 18.0 Å². The lowest BCUT2D eigenvalue weighted by molar-refractivity contribution is -0.170. The molecule has 4 aliphatic carbocycles. The second kappa shape index (κ2) is 23.6. The van der Waals surface area contributed by atoms with Crippen LogP contribution in [-0.2, 0) is 48.6 Å². The summed E-state index contributed by atoms with van der Waals surface area (Å²) < 4.78 is 30.7. The summed E-state index contributed by atoms with van der Waals surface area (Å²) in [5.41, 5.74) is 6.46. The van der Waals surface area contributed by atoms with Crippen molar-refractivity contribution in [2.45, 2.75) is 120 Å². The Morgan fingerprint density at radius 2 is 1.56 bits per heavy atom. The van der Waals surface area contributed by atoms with Crippen LogP contribution in [0.5, 0.6) is 28.7 Å². The van der Waals surface area contributed by atoms with Crippen LogP contribution in [0.15, 0.2) is 115 Å². The number of allylic oxidation sites excluding steroid dienone is 1. The van der Waals surface area contributed by atoms with Gasteiger partial charge >= 0.3 is 11.9 Å². The number of phenolic OH excluding ortho intramolecular Hbond substituents is 3. The number of nitrogens with one attached hydrogen (secondary N) is 1. The number of benzene rings is 6. The predicted octanol–water partition coefficient (Wildman–Crippen LogP) is 12.0. The highest BCUT2D eigenvalue weighted by Gasteiger charge is 2.60. The highest BCUT2D eigenvalue weighted by molar-refractivity contribution is 5.99. The maximum Gasteiger partial charge on any atom is 0.316 e. The minimum absolute atomic E-state index is 0.0324. The van der Waals surface area contributed by atoms with Crippen molar-refractivity contribution in [2.24, 2.45) is 17.3 Å². The third kappa shape index (κ3) is 10.7. The first-order chi connectivity index (χ1) is 37.9. The maximum absolute atomic E-state index is 15.9. The van der Waals surface area contributed by atoms with Gasteiger partial charge in [0.05, 0.1) is 26.2 Å². The summed E-state index contributed by atoms with van der Waals surface area (Å²) in [7, 11) is 3.05. The molecule has 4 aliphatic rings. The summed E-state index contributed by atoms with van der Waals surface area (Å²) in [5.74, 6) is -1.56. The Balaban J connectivity index is 1.09. The summed E-state index contributed by atoms with van der Waals surface area (Å²) in [5, 5.41) is 51.1. The molecule has 0 bridgehead atoms. The smallest absolute Gasteiger partial charge is 0.316 e. The second-order valence-corrected chi connectivity index (χ2v) is 22.1. The average molecular weight is 1060 g/mol. The van der Waals surface area contributed by atoms with Crippen LogP contribution in [0.2, 0.25) is 0 Å². The predicted molar refractivity (Wildman–Crippen MR) is 302 cm³/mol. The lowest BCUT2D eigenvalue weighted by Gasteiger charge is -2.59. The lowest BCUT2D eigenvalue weighted by atomic mass is 9.46. The number of aliphatic hydroxyl groups is 1. The number of rotatable bonds is 17. The Labute approximate surface area is 458 Å². The summed E-state index contributed by atoms with van der Waals surface area (Å²) in [6.07, 6.45) is 9.74. The van der Waals surface area contributed by atoms with E-state index in [0.717, 1.165) is 93.1 Å². The van der Waals surface area contributed by atoms with Crippen molar-refractivity contribution in [1.82, 2.24) is 5.32 Å². The van der Waals surface area contributed by atoms with E-state index in [1.54, 1.807) is 25.3 Å². The minimum atomic E-state index is -1.00. The number of hydrogen-bond donors (Lipinski definition) is 5. The third-order valence-corrected chi connectivity index (χ3v) is 17.8. The SMILES string of the molecule is CCOCCCNCc1cccc(-c2cc(O)cc3ccc(C4(C(=O)O[C@@H]5C[C@@H](OC(C)=O)[C@H]6Cc7cc(OC)c(O)cc7[C@H](CO)[C@@]6(/C=C/c6ccccc6)[C@H]6CCc7cc(O)c(OC)cc7[C@@H]6C5)CCCCC4)cc23)c1. The molecule has 2 saturated carbocycles. The van der Waals surface area contributed by atoms with Crippen LogP contribution < -0.4 is 14.8 Å². The molecule has 0 amide bonds. The third-order valence-electron chi connectivity index (χ3n) is 17.8. The van der Waals surface area contributed by atoms with Crippen molar-refractivity contribution in [3.05, 3.63) is 154 Å². The van der Waals surface area contributed by atoms with Gasteiger partial charge < -0.3 is 49.4 Å². The zero-order valence-electron chi connectivity index (χ0n) is 45.5. The molecule has 0 heterocycles. The minimum Gasteiger partial charge on any atom is -0.508 e. The van der Waals surface area contributed by atoms with Gasteiger partial charge in [-0.3, -0.25) is 9.59 Å². The zero-order valence-corrected chi connectivity index (χ0v) is 45.5. The average Bonchev–Trinajstić information content (AvgIpc) is 3.54. The van der Waals surface area contributed by atoms with Crippen LogP contribution in [0.3, 0.4) is 0 Å². The molecule has 0 spiro atoms. The Hall–Kier alpha value is -6.86. The quantitative estimate of drug-likeness (QED) is 0.0433. The molecule has 6 aromatic rings. The van der Waals surface area contributed by atoms with E-state index in [1.165, 1.54) is 14.0 Å². The number of hydrogen-bond acceptors (Lipinski definition) is 12. The Bertz CT molecular complexity index is 3150. The van der Waals surface area contributed by atoms with Gasteiger partial charge in [0.2, 0.25) is 0 Å². The van der Waals surface area contributed by atoms with Crippen molar-refractivity contribution in [2.75, 3.05) is 40.6 Å². The molecular weight excluding hydrogens is 983 g/mol. The van der Waals surface area contributed by atoms with Gasteiger partial charge in [-0.25, -0.2) is 0 Å². The summed E-state index contributed by atoms with van der Waals surface area (Å²) in [6.45, 7) is 6.06. The van der Waals surface area contributed by atoms with Gasteiger partial charge in [-0.1, -0.05) is 92.1 Å². The summed E-state index contributed by atoms with van der Waals surface area (Å²) >= 11 is 0. The number of esters is 2. The first kappa shape index (κ1) is 54.5. The normalized spacial score (nSPS) is 23.4. The number of phenols is 3. The molecule has 410 valence electrons. The molecule has 6 aromatic carbocycles. The second-order valence-electron chi connectivity index (χ2n) is 22.1. The fraction of sp³-hybridized carbons (Fsp3) is 0.424. The molecule has 78 heavy (non-hydrogen) atoms. The van der Waals surface area contributed by atoms with Crippen molar-refractivity contribution < 1.29 is 53.7 Å². The van der Waals surface area contributed by atoms with E-state index in [0.29, 0.717) is 69.8 Å². The number of ether oxygens (including phenoxy) is 5. The molecule has 0 aromatic heterocycles. The Morgan fingerprint density at radius 3 is 2.32 bits per heavy atom. The number of carbonyl (C=O) groups is 2. The molecule has 7 atom stereocenters. The van der Waals surface area contributed by atoms with Crippen LogP contribution in [0.1, 0.15) is 122 Å².